The summed E-state index contributed by atoms with van der Waals surface area (Å²) in [5, 5.41) is 9.44. The van der Waals surface area contributed by atoms with Crippen molar-refractivity contribution in [2.45, 2.75) is 32.9 Å². The maximum atomic E-state index is 12.5. The van der Waals surface area contributed by atoms with Gasteiger partial charge in [0.05, 0.1) is 11.8 Å². The summed E-state index contributed by atoms with van der Waals surface area (Å²) in [4.78, 5) is 2.06. The van der Waals surface area contributed by atoms with Gasteiger partial charge in [0.2, 0.25) is 10.0 Å². The molecular weight excluding hydrogens is 310 g/mol. The lowest BCUT2D eigenvalue weighted by Crippen LogP contribution is -2.54. The van der Waals surface area contributed by atoms with Crippen molar-refractivity contribution in [3.05, 3.63) is 35.9 Å². The van der Waals surface area contributed by atoms with E-state index in [2.05, 4.69) is 11.0 Å². The molecule has 23 heavy (non-hydrogen) atoms. The van der Waals surface area contributed by atoms with Crippen molar-refractivity contribution >= 4 is 10.0 Å². The number of nitrogens with zero attached hydrogens (tertiary/aromatic N) is 3. The standard InChI is InChI=1S/C17H25N3O2S/c1-3-15(2)14-23(21,22)20-10-9-19(17(11-18)13-20)12-16-7-5-4-6-8-16/h4-8,15,17H,3,9-10,12-14H2,1-2H3. The number of nitriles is 1. The third-order valence-electron chi connectivity index (χ3n) is 4.42. The Morgan fingerprint density at radius 1 is 1.30 bits per heavy atom. The molecule has 1 heterocycles. The van der Waals surface area contributed by atoms with Gasteiger partial charge in [0, 0.05) is 26.2 Å². The van der Waals surface area contributed by atoms with Gasteiger partial charge in [0.15, 0.2) is 0 Å². The SMILES string of the molecule is CCC(C)CS(=O)(=O)N1CCN(Cc2ccccc2)C(C#N)C1. The number of piperazine rings is 1. The highest BCUT2D eigenvalue weighted by Gasteiger charge is 2.33. The van der Waals surface area contributed by atoms with Crippen LogP contribution in [0.25, 0.3) is 0 Å². The largest absolute Gasteiger partial charge is 0.281 e. The maximum absolute atomic E-state index is 12.5. The van der Waals surface area contributed by atoms with Crippen LogP contribution < -0.4 is 0 Å². The van der Waals surface area contributed by atoms with Gasteiger partial charge in [-0.1, -0.05) is 50.6 Å². The van der Waals surface area contributed by atoms with Crippen LogP contribution in [0.4, 0.5) is 0 Å². The van der Waals surface area contributed by atoms with Gasteiger partial charge in [-0.2, -0.15) is 9.57 Å². The van der Waals surface area contributed by atoms with Gasteiger partial charge < -0.3 is 0 Å². The third kappa shape index (κ3) is 4.77. The average Bonchev–Trinajstić information content (AvgIpc) is 2.55. The Labute approximate surface area is 139 Å². The molecule has 2 unspecified atom stereocenters. The Morgan fingerprint density at radius 3 is 2.61 bits per heavy atom. The first kappa shape index (κ1) is 17.9. The first-order valence-electron chi connectivity index (χ1n) is 8.11. The normalized spacial score (nSPS) is 21.7. The van der Waals surface area contributed by atoms with Gasteiger partial charge in [-0.15, -0.1) is 0 Å². The molecule has 0 saturated carbocycles. The molecule has 0 spiro atoms. The minimum Gasteiger partial charge on any atom is -0.281 e. The first-order chi connectivity index (χ1) is 11.0. The summed E-state index contributed by atoms with van der Waals surface area (Å²) in [5.74, 6) is 0.309. The van der Waals surface area contributed by atoms with E-state index in [-0.39, 0.29) is 18.2 Å². The molecule has 0 bridgehead atoms. The zero-order valence-electron chi connectivity index (χ0n) is 13.9. The van der Waals surface area contributed by atoms with Gasteiger partial charge in [0.1, 0.15) is 6.04 Å². The molecule has 0 aliphatic carbocycles. The van der Waals surface area contributed by atoms with Crippen molar-refractivity contribution in [2.75, 3.05) is 25.4 Å². The van der Waals surface area contributed by atoms with E-state index < -0.39 is 16.1 Å². The molecule has 1 fully saturated rings. The predicted molar refractivity (Wildman–Crippen MR) is 91.1 cm³/mol. The minimum atomic E-state index is -3.28. The van der Waals surface area contributed by atoms with Crippen LogP contribution >= 0.6 is 0 Å². The van der Waals surface area contributed by atoms with Gasteiger partial charge in [-0.3, -0.25) is 4.90 Å². The molecule has 2 atom stereocenters. The zero-order valence-corrected chi connectivity index (χ0v) is 14.7. The van der Waals surface area contributed by atoms with Crippen LogP contribution in [-0.4, -0.2) is 49.1 Å². The molecule has 0 amide bonds. The Hall–Kier alpha value is -1.42. The number of hydrogen-bond donors (Lipinski definition) is 0. The number of hydrogen-bond acceptors (Lipinski definition) is 4. The topological polar surface area (TPSA) is 64.4 Å². The summed E-state index contributed by atoms with van der Waals surface area (Å²) < 4.78 is 26.5. The van der Waals surface area contributed by atoms with Crippen molar-refractivity contribution in [3.63, 3.8) is 0 Å². The van der Waals surface area contributed by atoms with Crippen LogP contribution in [0.1, 0.15) is 25.8 Å². The molecule has 5 nitrogen and oxygen atoms in total. The molecule has 1 aliphatic rings. The number of benzene rings is 1. The summed E-state index contributed by atoms with van der Waals surface area (Å²) in [5.41, 5.74) is 1.14. The molecule has 1 aromatic carbocycles. The highest BCUT2D eigenvalue weighted by atomic mass is 32.2. The van der Waals surface area contributed by atoms with E-state index in [1.807, 2.05) is 44.2 Å². The highest BCUT2D eigenvalue weighted by Crippen LogP contribution is 2.18. The Bertz CT molecular complexity index is 640. The molecule has 0 aromatic heterocycles. The molecular formula is C17H25N3O2S. The Kier molecular flexibility index (Phi) is 6.17. The molecule has 0 radical (unpaired) electrons. The molecule has 126 valence electrons. The average molecular weight is 335 g/mol. The van der Waals surface area contributed by atoms with Crippen LogP contribution in [0.15, 0.2) is 30.3 Å². The molecule has 0 N–H and O–H groups in total. The van der Waals surface area contributed by atoms with E-state index >= 15 is 0 Å². The molecule has 1 aromatic rings. The van der Waals surface area contributed by atoms with Crippen molar-refractivity contribution in [1.29, 1.82) is 5.26 Å². The second-order valence-electron chi connectivity index (χ2n) is 6.25. The smallest absolute Gasteiger partial charge is 0.214 e. The van der Waals surface area contributed by atoms with Gasteiger partial charge >= 0.3 is 0 Å². The van der Waals surface area contributed by atoms with Crippen LogP contribution in [0.3, 0.4) is 0 Å². The van der Waals surface area contributed by atoms with Crippen molar-refractivity contribution in [1.82, 2.24) is 9.21 Å². The molecule has 2 rings (SSSR count). The minimum absolute atomic E-state index is 0.142. The summed E-state index contributed by atoms with van der Waals surface area (Å²) >= 11 is 0. The van der Waals surface area contributed by atoms with Crippen molar-refractivity contribution in [2.24, 2.45) is 5.92 Å². The van der Waals surface area contributed by atoms with Crippen LogP contribution in [0.2, 0.25) is 0 Å². The number of sulfonamides is 1. The van der Waals surface area contributed by atoms with E-state index in [4.69, 9.17) is 0 Å². The van der Waals surface area contributed by atoms with E-state index in [9.17, 15) is 13.7 Å². The molecule has 1 aliphatic heterocycles. The quantitative estimate of drug-likeness (QED) is 0.798. The second kappa shape index (κ2) is 7.91. The lowest BCUT2D eigenvalue weighted by molar-refractivity contribution is 0.142. The third-order valence-corrected chi connectivity index (χ3v) is 6.53. The van der Waals surface area contributed by atoms with Crippen LogP contribution in [-0.2, 0) is 16.6 Å². The van der Waals surface area contributed by atoms with Crippen LogP contribution in [0, 0.1) is 17.2 Å². The molecule has 1 saturated heterocycles. The van der Waals surface area contributed by atoms with Crippen LogP contribution in [0.5, 0.6) is 0 Å². The monoisotopic (exact) mass is 335 g/mol. The van der Waals surface area contributed by atoms with E-state index in [0.29, 0.717) is 19.6 Å². The predicted octanol–water partition coefficient (Wildman–Crippen LogP) is 2.07. The van der Waals surface area contributed by atoms with Gasteiger partial charge in [-0.05, 0) is 11.5 Å². The zero-order chi connectivity index (χ0) is 16.9. The second-order valence-corrected chi connectivity index (χ2v) is 8.26. The van der Waals surface area contributed by atoms with Crippen molar-refractivity contribution < 1.29 is 8.42 Å². The number of rotatable bonds is 6. The van der Waals surface area contributed by atoms with Gasteiger partial charge in [-0.25, -0.2) is 8.42 Å². The van der Waals surface area contributed by atoms with Crippen molar-refractivity contribution in [3.8, 4) is 6.07 Å². The molecule has 6 heteroatoms. The summed E-state index contributed by atoms with van der Waals surface area (Å²) in [6.07, 6.45) is 0.842. The summed E-state index contributed by atoms with van der Waals surface area (Å²) in [7, 11) is -3.28. The van der Waals surface area contributed by atoms with E-state index in [1.54, 1.807) is 0 Å². The maximum Gasteiger partial charge on any atom is 0.214 e. The van der Waals surface area contributed by atoms with E-state index in [1.165, 1.54) is 4.31 Å². The fourth-order valence-corrected chi connectivity index (χ4v) is 4.65. The summed E-state index contributed by atoms with van der Waals surface area (Å²) in [6, 6.07) is 11.8. The fraction of sp³-hybridized carbons (Fsp3) is 0.588. The first-order valence-corrected chi connectivity index (χ1v) is 9.72. The summed E-state index contributed by atoms with van der Waals surface area (Å²) in [6.45, 7) is 5.94. The highest BCUT2D eigenvalue weighted by molar-refractivity contribution is 7.89. The van der Waals surface area contributed by atoms with Gasteiger partial charge in [0.25, 0.3) is 0 Å². The fourth-order valence-electron chi connectivity index (χ4n) is 2.76. The Balaban J connectivity index is 2.03. The lowest BCUT2D eigenvalue weighted by atomic mass is 10.1. The lowest BCUT2D eigenvalue weighted by Gasteiger charge is -2.37. The Morgan fingerprint density at radius 2 is 2.00 bits per heavy atom. The van der Waals surface area contributed by atoms with E-state index in [0.717, 1.165) is 12.0 Å².